The second-order valence-corrected chi connectivity index (χ2v) is 6.98. The summed E-state index contributed by atoms with van der Waals surface area (Å²) in [7, 11) is 0. The van der Waals surface area contributed by atoms with Gasteiger partial charge in [-0.15, -0.1) is 0 Å². The molecule has 142 valence electrons. The van der Waals surface area contributed by atoms with E-state index in [1.165, 1.54) is 32.1 Å². The Labute approximate surface area is 159 Å². The summed E-state index contributed by atoms with van der Waals surface area (Å²) in [6.45, 7) is 0.0479. The summed E-state index contributed by atoms with van der Waals surface area (Å²) in [6.07, 6.45) is 7.63. The van der Waals surface area contributed by atoms with Gasteiger partial charge in [-0.25, -0.2) is 0 Å². The van der Waals surface area contributed by atoms with Gasteiger partial charge in [-0.05, 0) is 36.7 Å². The Morgan fingerprint density at radius 1 is 1.15 bits per heavy atom. The van der Waals surface area contributed by atoms with Crippen molar-refractivity contribution in [2.24, 2.45) is 5.92 Å². The smallest absolute Gasteiger partial charge is 0.253 e. The Morgan fingerprint density at radius 2 is 1.88 bits per heavy atom. The van der Waals surface area contributed by atoms with Crippen LogP contribution < -0.4 is 16.0 Å². The number of aliphatic hydroxyl groups is 1. The van der Waals surface area contributed by atoms with Gasteiger partial charge >= 0.3 is 0 Å². The van der Waals surface area contributed by atoms with Crippen LogP contribution in [0.2, 0.25) is 0 Å². The van der Waals surface area contributed by atoms with Gasteiger partial charge in [-0.2, -0.15) is 0 Å². The summed E-state index contributed by atoms with van der Waals surface area (Å²) in [5, 5.41) is 17.2. The summed E-state index contributed by atoms with van der Waals surface area (Å²) in [4.78, 5) is 24.2. The normalized spacial score (nSPS) is 14.5. The molecule has 26 heavy (non-hydrogen) atoms. The molecule has 0 spiro atoms. The number of nitrogens with one attached hydrogen (secondary N) is 3. The quantitative estimate of drug-likeness (QED) is 0.549. The number of aliphatic hydroxyl groups excluding tert-OH is 1. The SMILES string of the molecule is O=C(CCC1CCCCC1)NC(=S)Nc1ccccc1C(=O)NCCO. The number of hydrogen-bond acceptors (Lipinski definition) is 4. The number of thiocarbonyl (C=S) groups is 1. The van der Waals surface area contributed by atoms with Crippen molar-refractivity contribution in [3.63, 3.8) is 0 Å². The Kier molecular flexibility index (Phi) is 8.50. The van der Waals surface area contributed by atoms with Gasteiger partial charge in [-0.1, -0.05) is 44.2 Å². The van der Waals surface area contributed by atoms with Crippen molar-refractivity contribution in [3.05, 3.63) is 29.8 Å². The van der Waals surface area contributed by atoms with Crippen LogP contribution in [0.25, 0.3) is 0 Å². The highest BCUT2D eigenvalue weighted by molar-refractivity contribution is 7.80. The van der Waals surface area contributed by atoms with Crippen LogP contribution in [-0.2, 0) is 4.79 Å². The third-order valence-corrected chi connectivity index (χ3v) is 4.78. The Hall–Kier alpha value is -1.99. The zero-order valence-electron chi connectivity index (χ0n) is 14.9. The number of hydrogen-bond donors (Lipinski definition) is 4. The molecule has 2 amide bonds. The molecule has 0 heterocycles. The second kappa shape index (κ2) is 10.9. The van der Waals surface area contributed by atoms with Crippen molar-refractivity contribution in [1.29, 1.82) is 0 Å². The Balaban J connectivity index is 1.83. The molecule has 7 heteroatoms. The fourth-order valence-electron chi connectivity index (χ4n) is 3.21. The molecule has 1 aliphatic rings. The van der Waals surface area contributed by atoms with Crippen LogP contribution in [-0.4, -0.2) is 35.2 Å². The lowest BCUT2D eigenvalue weighted by Crippen LogP contribution is -2.35. The molecule has 1 fully saturated rings. The zero-order valence-corrected chi connectivity index (χ0v) is 15.7. The van der Waals surface area contributed by atoms with E-state index < -0.39 is 0 Å². The number of rotatable bonds is 7. The molecule has 1 aliphatic carbocycles. The number of benzene rings is 1. The van der Waals surface area contributed by atoms with Crippen molar-refractivity contribution in [2.45, 2.75) is 44.9 Å². The highest BCUT2D eigenvalue weighted by Crippen LogP contribution is 2.27. The number of para-hydroxylation sites is 1. The van der Waals surface area contributed by atoms with Gasteiger partial charge in [0.2, 0.25) is 5.91 Å². The molecular weight excluding hydrogens is 350 g/mol. The minimum absolute atomic E-state index is 0.102. The molecule has 0 saturated heterocycles. The summed E-state index contributed by atoms with van der Waals surface area (Å²) in [5.41, 5.74) is 0.917. The van der Waals surface area contributed by atoms with E-state index in [1.807, 2.05) is 0 Å². The number of anilines is 1. The van der Waals surface area contributed by atoms with Crippen LogP contribution in [0.1, 0.15) is 55.3 Å². The first-order chi connectivity index (χ1) is 12.6. The van der Waals surface area contributed by atoms with E-state index in [0.717, 1.165) is 6.42 Å². The first-order valence-electron chi connectivity index (χ1n) is 9.19. The molecule has 4 N–H and O–H groups in total. The molecule has 0 unspecified atom stereocenters. The van der Waals surface area contributed by atoms with Gasteiger partial charge in [0.15, 0.2) is 5.11 Å². The predicted molar refractivity (Wildman–Crippen MR) is 106 cm³/mol. The fourth-order valence-corrected chi connectivity index (χ4v) is 3.43. The predicted octanol–water partition coefficient (Wildman–Crippen LogP) is 2.58. The van der Waals surface area contributed by atoms with E-state index >= 15 is 0 Å². The van der Waals surface area contributed by atoms with Gasteiger partial charge in [0.1, 0.15) is 0 Å². The zero-order chi connectivity index (χ0) is 18.8. The van der Waals surface area contributed by atoms with E-state index in [2.05, 4.69) is 16.0 Å². The van der Waals surface area contributed by atoms with Crippen LogP contribution in [0.15, 0.2) is 24.3 Å². The van der Waals surface area contributed by atoms with Gasteiger partial charge in [-0.3, -0.25) is 9.59 Å². The van der Waals surface area contributed by atoms with Crippen molar-refractivity contribution in [3.8, 4) is 0 Å². The lowest BCUT2D eigenvalue weighted by Gasteiger charge is -2.21. The summed E-state index contributed by atoms with van der Waals surface area (Å²) >= 11 is 5.20. The number of carbonyl (C=O) groups is 2. The van der Waals surface area contributed by atoms with Crippen LogP contribution >= 0.6 is 12.2 Å². The third kappa shape index (κ3) is 6.72. The Morgan fingerprint density at radius 3 is 2.62 bits per heavy atom. The average Bonchev–Trinajstić information content (AvgIpc) is 2.65. The Bertz CT molecular complexity index is 630. The highest BCUT2D eigenvalue weighted by atomic mass is 32.1. The van der Waals surface area contributed by atoms with E-state index in [1.54, 1.807) is 24.3 Å². The second-order valence-electron chi connectivity index (χ2n) is 6.57. The molecule has 0 aromatic heterocycles. The summed E-state index contributed by atoms with van der Waals surface area (Å²) in [5.74, 6) is 0.232. The lowest BCUT2D eigenvalue weighted by molar-refractivity contribution is -0.120. The monoisotopic (exact) mass is 377 g/mol. The van der Waals surface area contributed by atoms with Crippen LogP contribution in [0.3, 0.4) is 0 Å². The molecule has 1 saturated carbocycles. The van der Waals surface area contributed by atoms with Crippen molar-refractivity contribution < 1.29 is 14.7 Å². The maximum absolute atomic E-state index is 12.1. The first-order valence-corrected chi connectivity index (χ1v) is 9.60. The molecule has 2 rings (SSSR count). The van der Waals surface area contributed by atoms with E-state index in [9.17, 15) is 9.59 Å². The van der Waals surface area contributed by atoms with Gasteiger partial charge in [0.25, 0.3) is 5.91 Å². The maximum atomic E-state index is 12.1. The molecule has 1 aromatic rings. The molecule has 0 aliphatic heterocycles. The van der Waals surface area contributed by atoms with Crippen molar-refractivity contribution in [1.82, 2.24) is 10.6 Å². The topological polar surface area (TPSA) is 90.5 Å². The van der Waals surface area contributed by atoms with Gasteiger partial charge in [0, 0.05) is 13.0 Å². The van der Waals surface area contributed by atoms with E-state index in [4.69, 9.17) is 17.3 Å². The standard InChI is InChI=1S/C19H27N3O3S/c23-13-12-20-18(25)15-8-4-5-9-16(15)21-19(26)22-17(24)11-10-14-6-2-1-3-7-14/h4-5,8-9,14,23H,1-3,6-7,10-13H2,(H,20,25)(H2,21,22,24,26). The average molecular weight is 378 g/mol. The van der Waals surface area contributed by atoms with E-state index in [0.29, 0.717) is 23.6 Å². The molecule has 0 bridgehead atoms. The lowest BCUT2D eigenvalue weighted by atomic mass is 9.86. The largest absolute Gasteiger partial charge is 0.395 e. The van der Waals surface area contributed by atoms with Gasteiger partial charge < -0.3 is 21.1 Å². The number of carbonyl (C=O) groups excluding carboxylic acids is 2. The van der Waals surface area contributed by atoms with Crippen LogP contribution in [0.4, 0.5) is 5.69 Å². The van der Waals surface area contributed by atoms with Crippen molar-refractivity contribution >= 4 is 34.8 Å². The van der Waals surface area contributed by atoms with Gasteiger partial charge in [0.05, 0.1) is 17.9 Å². The fraction of sp³-hybridized carbons (Fsp3) is 0.526. The molecule has 6 nitrogen and oxygen atoms in total. The summed E-state index contributed by atoms with van der Waals surface area (Å²) in [6, 6.07) is 6.89. The molecular formula is C19H27N3O3S. The summed E-state index contributed by atoms with van der Waals surface area (Å²) < 4.78 is 0. The molecule has 0 radical (unpaired) electrons. The maximum Gasteiger partial charge on any atom is 0.253 e. The third-order valence-electron chi connectivity index (χ3n) is 4.57. The van der Waals surface area contributed by atoms with E-state index in [-0.39, 0.29) is 30.1 Å². The highest BCUT2D eigenvalue weighted by Gasteiger charge is 2.16. The first kappa shape index (κ1) is 20.3. The molecule has 1 aromatic carbocycles. The minimum atomic E-state index is -0.312. The van der Waals surface area contributed by atoms with Crippen LogP contribution in [0, 0.1) is 5.92 Å². The van der Waals surface area contributed by atoms with Crippen molar-refractivity contribution in [2.75, 3.05) is 18.5 Å². The van der Waals surface area contributed by atoms with Crippen LogP contribution in [0.5, 0.6) is 0 Å². The minimum Gasteiger partial charge on any atom is -0.395 e. The number of amides is 2. The molecule has 0 atom stereocenters.